The van der Waals surface area contributed by atoms with Gasteiger partial charge < -0.3 is 5.21 Å². The van der Waals surface area contributed by atoms with Crippen LogP contribution in [0.3, 0.4) is 0 Å². The molecule has 0 atom stereocenters. The van der Waals surface area contributed by atoms with E-state index in [0.29, 0.717) is 6.54 Å². The van der Waals surface area contributed by atoms with Crippen molar-refractivity contribution in [3.63, 3.8) is 0 Å². The van der Waals surface area contributed by atoms with E-state index in [1.165, 1.54) is 6.34 Å². The van der Waals surface area contributed by atoms with Gasteiger partial charge in [-0.15, -0.1) is 0 Å². The number of aliphatic imine (C=N–C) groups is 1. The van der Waals surface area contributed by atoms with Gasteiger partial charge in [0.1, 0.15) is 6.54 Å². The summed E-state index contributed by atoms with van der Waals surface area (Å²) in [5.41, 5.74) is 0. The summed E-state index contributed by atoms with van der Waals surface area (Å²) >= 11 is 0. The van der Waals surface area contributed by atoms with Crippen molar-refractivity contribution in [2.75, 3.05) is 6.54 Å². The summed E-state index contributed by atoms with van der Waals surface area (Å²) in [4.78, 5) is 3.53. The standard InChI is InChI=1S/C3H4N2O/c6-5-2-1-4-3-5/h1,3H,2H2. The van der Waals surface area contributed by atoms with Crippen molar-refractivity contribution in [2.45, 2.75) is 0 Å². The van der Waals surface area contributed by atoms with Gasteiger partial charge in [-0.25, -0.2) is 0 Å². The van der Waals surface area contributed by atoms with E-state index >= 15 is 0 Å². The van der Waals surface area contributed by atoms with Crippen LogP contribution in [0, 0.1) is 5.21 Å². The monoisotopic (exact) mass is 84.0 g/mol. The second kappa shape index (κ2) is 1.08. The van der Waals surface area contributed by atoms with Gasteiger partial charge in [0, 0.05) is 0 Å². The molecule has 0 aromatic rings. The van der Waals surface area contributed by atoms with Crippen molar-refractivity contribution in [1.82, 2.24) is 0 Å². The van der Waals surface area contributed by atoms with Gasteiger partial charge in [-0.3, -0.25) is 4.74 Å². The van der Waals surface area contributed by atoms with E-state index in [9.17, 15) is 5.21 Å². The fourth-order valence-electron chi connectivity index (χ4n) is 0.296. The van der Waals surface area contributed by atoms with Crippen LogP contribution in [0.15, 0.2) is 4.99 Å². The Bertz CT molecular complexity index is 105. The molecule has 3 heteroatoms. The van der Waals surface area contributed by atoms with Crippen LogP contribution in [0.2, 0.25) is 0 Å². The van der Waals surface area contributed by atoms with Crippen LogP contribution in [-0.4, -0.2) is 23.8 Å². The lowest BCUT2D eigenvalue weighted by Crippen LogP contribution is -1.98. The zero-order valence-electron chi connectivity index (χ0n) is 3.16. The van der Waals surface area contributed by atoms with E-state index in [1.54, 1.807) is 6.21 Å². The number of rotatable bonds is 0. The lowest BCUT2D eigenvalue weighted by Gasteiger charge is -1.94. The second-order valence-electron chi connectivity index (χ2n) is 1.05. The van der Waals surface area contributed by atoms with Crippen LogP contribution in [0.4, 0.5) is 0 Å². The molecule has 0 aliphatic carbocycles. The van der Waals surface area contributed by atoms with E-state index in [1.807, 2.05) is 0 Å². The third-order valence-electron chi connectivity index (χ3n) is 0.562. The normalized spacial score (nSPS) is 18.3. The molecule has 0 N–H and O–H groups in total. The summed E-state index contributed by atoms with van der Waals surface area (Å²) in [5.74, 6) is 0. The van der Waals surface area contributed by atoms with Gasteiger partial charge in [0.05, 0.1) is 0 Å². The van der Waals surface area contributed by atoms with Gasteiger partial charge >= 0.3 is 0 Å². The molecule has 0 saturated carbocycles. The smallest absolute Gasteiger partial charge is 0.284 e. The molecule has 1 heterocycles. The minimum absolute atomic E-state index is 0.417. The van der Waals surface area contributed by atoms with Crippen LogP contribution < -0.4 is 0 Å². The average Bonchev–Trinajstić information content (AvgIpc) is 1.86. The maximum atomic E-state index is 9.98. The highest BCUT2D eigenvalue weighted by atomic mass is 16.5. The molecule has 0 fully saturated rings. The molecule has 6 heavy (non-hydrogen) atoms. The summed E-state index contributed by atoms with van der Waals surface area (Å²) in [7, 11) is 0. The molecular weight excluding hydrogens is 80.0 g/mol. The SMILES string of the molecule is [O-][N+]1=CN=CC1. The first-order valence-electron chi connectivity index (χ1n) is 1.68. The number of hydrogen-bond acceptors (Lipinski definition) is 2. The van der Waals surface area contributed by atoms with Gasteiger partial charge in [-0.05, 0) is 0 Å². The first-order chi connectivity index (χ1) is 2.89. The van der Waals surface area contributed by atoms with Crippen LogP contribution in [0.1, 0.15) is 0 Å². The Kier molecular flexibility index (Phi) is 0.602. The molecule has 0 bridgehead atoms. The predicted octanol–water partition coefficient (Wildman–Crippen LogP) is -0.391. The minimum atomic E-state index is 0.417. The topological polar surface area (TPSA) is 38.4 Å². The highest BCUT2D eigenvalue weighted by Gasteiger charge is 1.91. The maximum Gasteiger partial charge on any atom is 0.284 e. The van der Waals surface area contributed by atoms with Gasteiger partial charge in [-0.1, -0.05) is 4.99 Å². The largest absolute Gasteiger partial charge is 0.715 e. The van der Waals surface area contributed by atoms with E-state index in [-0.39, 0.29) is 0 Å². The molecule has 0 amide bonds. The van der Waals surface area contributed by atoms with Crippen molar-refractivity contribution < 1.29 is 4.74 Å². The Balaban J connectivity index is 2.61. The average molecular weight is 84.1 g/mol. The summed E-state index contributed by atoms with van der Waals surface area (Å²) in [5, 5.41) is 9.98. The number of hydroxylamine groups is 1. The fraction of sp³-hybridized carbons (Fsp3) is 0.333. The molecule has 0 radical (unpaired) electrons. The summed E-state index contributed by atoms with van der Waals surface area (Å²) < 4.78 is 0.764. The number of hydrogen-bond donors (Lipinski definition) is 0. The van der Waals surface area contributed by atoms with Crippen molar-refractivity contribution in [3.05, 3.63) is 5.21 Å². The van der Waals surface area contributed by atoms with Gasteiger partial charge in [-0.2, -0.15) is 0 Å². The molecule has 1 rings (SSSR count). The molecule has 0 spiro atoms. The Hall–Kier alpha value is -0.860. The van der Waals surface area contributed by atoms with Crippen LogP contribution in [0.25, 0.3) is 0 Å². The summed E-state index contributed by atoms with van der Waals surface area (Å²) in [6.45, 7) is 0.417. The van der Waals surface area contributed by atoms with Crippen molar-refractivity contribution in [2.24, 2.45) is 4.99 Å². The highest BCUT2D eigenvalue weighted by molar-refractivity contribution is 5.74. The Morgan fingerprint density at radius 1 is 1.83 bits per heavy atom. The molecule has 1 aliphatic heterocycles. The van der Waals surface area contributed by atoms with Gasteiger partial charge in [0.15, 0.2) is 6.21 Å². The molecule has 0 saturated heterocycles. The van der Waals surface area contributed by atoms with Crippen LogP contribution in [0.5, 0.6) is 0 Å². The highest BCUT2D eigenvalue weighted by Crippen LogP contribution is 1.72. The van der Waals surface area contributed by atoms with E-state index in [0.717, 1.165) is 4.74 Å². The van der Waals surface area contributed by atoms with E-state index in [4.69, 9.17) is 0 Å². The summed E-state index contributed by atoms with van der Waals surface area (Å²) in [6.07, 6.45) is 2.81. The van der Waals surface area contributed by atoms with Crippen molar-refractivity contribution >= 4 is 12.6 Å². The molecular formula is C3H4N2O. The Morgan fingerprint density at radius 2 is 2.67 bits per heavy atom. The first-order valence-corrected chi connectivity index (χ1v) is 1.68. The quantitative estimate of drug-likeness (QED) is 0.291. The lowest BCUT2D eigenvalue weighted by atomic mass is 10.8. The van der Waals surface area contributed by atoms with E-state index in [2.05, 4.69) is 4.99 Å². The van der Waals surface area contributed by atoms with Crippen molar-refractivity contribution in [1.29, 1.82) is 0 Å². The summed E-state index contributed by atoms with van der Waals surface area (Å²) in [6, 6.07) is 0. The zero-order valence-corrected chi connectivity index (χ0v) is 3.16. The maximum absolute atomic E-state index is 9.98. The second-order valence-corrected chi connectivity index (χ2v) is 1.05. The first kappa shape index (κ1) is 3.33. The van der Waals surface area contributed by atoms with Crippen LogP contribution in [-0.2, 0) is 0 Å². The lowest BCUT2D eigenvalue weighted by molar-refractivity contribution is -0.431. The van der Waals surface area contributed by atoms with E-state index < -0.39 is 0 Å². The molecule has 1 aliphatic rings. The fourth-order valence-corrected chi connectivity index (χ4v) is 0.296. The third kappa shape index (κ3) is 0.381. The predicted molar refractivity (Wildman–Crippen MR) is 23.1 cm³/mol. The minimum Gasteiger partial charge on any atom is -0.715 e. The molecule has 32 valence electrons. The van der Waals surface area contributed by atoms with Crippen molar-refractivity contribution in [3.8, 4) is 0 Å². The zero-order chi connectivity index (χ0) is 4.41. The molecule has 3 nitrogen and oxygen atoms in total. The Labute approximate surface area is 35.2 Å². The molecule has 0 aromatic heterocycles. The Morgan fingerprint density at radius 3 is 2.83 bits per heavy atom. The molecule has 0 aromatic carbocycles. The van der Waals surface area contributed by atoms with Crippen LogP contribution >= 0.6 is 0 Å². The number of nitrogens with zero attached hydrogens (tertiary/aromatic N) is 2. The molecule has 0 unspecified atom stereocenters. The van der Waals surface area contributed by atoms with Gasteiger partial charge in [0.25, 0.3) is 6.34 Å². The van der Waals surface area contributed by atoms with Gasteiger partial charge in [0.2, 0.25) is 0 Å². The third-order valence-corrected chi connectivity index (χ3v) is 0.562.